The fourth-order valence-corrected chi connectivity index (χ4v) is 6.61. The summed E-state index contributed by atoms with van der Waals surface area (Å²) in [4.78, 5) is 21.0. The Bertz CT molecular complexity index is 1360. The Morgan fingerprint density at radius 1 is 0.950 bits per heavy atom. The minimum atomic E-state index is -0.205. The van der Waals surface area contributed by atoms with Crippen LogP contribution in [0.3, 0.4) is 0 Å². The minimum absolute atomic E-state index is 0.181. The monoisotopic (exact) mass is 592 g/mol. The van der Waals surface area contributed by atoms with Gasteiger partial charge in [-0.2, -0.15) is 0 Å². The molecule has 1 saturated heterocycles. The van der Waals surface area contributed by atoms with Gasteiger partial charge >= 0.3 is 0 Å². The summed E-state index contributed by atoms with van der Waals surface area (Å²) in [6.45, 7) is 5.88. The van der Waals surface area contributed by atoms with Gasteiger partial charge in [0.2, 0.25) is 5.91 Å². The number of thioether (sulfide) groups is 1. The van der Waals surface area contributed by atoms with E-state index in [9.17, 15) is 4.79 Å². The summed E-state index contributed by atoms with van der Waals surface area (Å²) >= 11 is 8.66. The molecule has 0 unspecified atom stereocenters. The Balaban J connectivity index is 1.09. The van der Waals surface area contributed by atoms with E-state index in [2.05, 4.69) is 26.7 Å². The second-order valence-corrected chi connectivity index (χ2v) is 12.2. The van der Waals surface area contributed by atoms with Crippen LogP contribution in [0.25, 0.3) is 0 Å². The van der Waals surface area contributed by atoms with Crippen LogP contribution in [0.2, 0.25) is 5.02 Å². The number of benzene rings is 3. The number of carbonyl (C=O) groups excluding carboxylic acids is 1. The number of hydrogen-bond donors (Lipinski definition) is 3. The van der Waals surface area contributed by atoms with E-state index in [4.69, 9.17) is 22.4 Å². The van der Waals surface area contributed by atoms with Crippen LogP contribution < -0.4 is 14.5 Å². The van der Waals surface area contributed by atoms with Crippen LogP contribution in [0, 0.1) is 10.8 Å². The van der Waals surface area contributed by atoms with E-state index in [1.54, 1.807) is 0 Å². The maximum absolute atomic E-state index is 13.4. The highest BCUT2D eigenvalue weighted by molar-refractivity contribution is 8.27. The zero-order valence-corrected chi connectivity index (χ0v) is 24.8. The lowest BCUT2D eigenvalue weighted by Gasteiger charge is -2.41. The number of amides is 1. The molecule has 0 spiro atoms. The van der Waals surface area contributed by atoms with Gasteiger partial charge in [-0.1, -0.05) is 41.9 Å². The SMILES string of the molecule is C[C@H](C(=O)N1CCN(c2ccc(SNC(=N)SC(=N)c3ccccc3)cc2)CC1)N1CCCc2cc(Cl)ccc21. The summed E-state index contributed by atoms with van der Waals surface area (Å²) in [6, 6.07) is 23.5. The first-order chi connectivity index (χ1) is 19.4. The topological polar surface area (TPSA) is 86.5 Å². The molecule has 208 valence electrons. The van der Waals surface area contributed by atoms with E-state index >= 15 is 0 Å². The zero-order valence-electron chi connectivity index (χ0n) is 22.4. The molecule has 0 bridgehead atoms. The molecule has 3 aromatic rings. The van der Waals surface area contributed by atoms with Crippen molar-refractivity contribution in [3.8, 4) is 0 Å². The molecule has 1 fully saturated rings. The summed E-state index contributed by atoms with van der Waals surface area (Å²) in [5.74, 6) is 0.181. The summed E-state index contributed by atoms with van der Waals surface area (Å²) in [5.41, 5.74) is 4.28. The maximum Gasteiger partial charge on any atom is 0.245 e. The minimum Gasteiger partial charge on any atom is -0.368 e. The molecule has 5 rings (SSSR count). The maximum atomic E-state index is 13.4. The molecule has 40 heavy (non-hydrogen) atoms. The van der Waals surface area contributed by atoms with Crippen LogP contribution in [0.15, 0.2) is 77.7 Å². The third-order valence-electron chi connectivity index (χ3n) is 7.32. The average molecular weight is 593 g/mol. The van der Waals surface area contributed by atoms with Crippen molar-refractivity contribution in [1.29, 1.82) is 10.8 Å². The van der Waals surface area contributed by atoms with E-state index in [0.717, 1.165) is 71.1 Å². The summed E-state index contributed by atoms with van der Waals surface area (Å²) in [7, 11) is 0. The first kappa shape index (κ1) is 28.4. The smallest absolute Gasteiger partial charge is 0.245 e. The Kier molecular flexibility index (Phi) is 9.24. The predicted molar refractivity (Wildman–Crippen MR) is 169 cm³/mol. The molecule has 0 radical (unpaired) electrons. The second kappa shape index (κ2) is 13.0. The Morgan fingerprint density at radius 2 is 1.68 bits per heavy atom. The van der Waals surface area contributed by atoms with Crippen molar-refractivity contribution in [1.82, 2.24) is 9.62 Å². The van der Waals surface area contributed by atoms with Crippen molar-refractivity contribution < 1.29 is 4.79 Å². The number of nitrogens with zero attached hydrogens (tertiary/aromatic N) is 3. The summed E-state index contributed by atoms with van der Waals surface area (Å²) in [6.07, 6.45) is 2.03. The lowest BCUT2D eigenvalue weighted by Crippen LogP contribution is -2.55. The number of anilines is 2. The van der Waals surface area contributed by atoms with E-state index in [1.807, 2.05) is 72.5 Å². The molecule has 3 aromatic carbocycles. The molecule has 0 aromatic heterocycles. The van der Waals surface area contributed by atoms with E-state index in [-0.39, 0.29) is 17.1 Å². The van der Waals surface area contributed by atoms with Crippen LogP contribution in [-0.2, 0) is 11.2 Å². The lowest BCUT2D eigenvalue weighted by molar-refractivity contribution is -0.132. The number of carbonyl (C=O) groups is 1. The average Bonchev–Trinajstić information content (AvgIpc) is 2.99. The highest BCUT2D eigenvalue weighted by atomic mass is 35.5. The van der Waals surface area contributed by atoms with Gasteiger partial charge in [0.1, 0.15) is 11.1 Å². The van der Waals surface area contributed by atoms with Gasteiger partial charge in [0.15, 0.2) is 5.17 Å². The van der Waals surface area contributed by atoms with Crippen molar-refractivity contribution in [3.63, 3.8) is 0 Å². The van der Waals surface area contributed by atoms with Gasteiger partial charge in [0.05, 0.1) is 0 Å². The number of hydrogen-bond acceptors (Lipinski definition) is 7. The van der Waals surface area contributed by atoms with Crippen LogP contribution in [0.1, 0.15) is 24.5 Å². The zero-order chi connectivity index (χ0) is 28.1. The van der Waals surface area contributed by atoms with Crippen molar-refractivity contribution in [2.45, 2.75) is 30.7 Å². The van der Waals surface area contributed by atoms with Gasteiger partial charge in [-0.05, 0) is 91.5 Å². The Hall–Kier alpha value is -3.14. The third kappa shape index (κ3) is 6.77. The standard InChI is InChI=1S/C30H33ClN6OS2/c1-21(37-15-5-8-23-20-24(31)9-14-27(23)37)29(38)36-18-16-35(17-19-36)25-10-12-26(13-11-25)40-34-30(33)39-28(32)22-6-3-2-4-7-22/h2-4,6-7,9-14,20-21,32H,5,8,15-19H2,1H3,(H2,33,34)/t21-/m1/s1. The van der Waals surface area contributed by atoms with Crippen LogP contribution >= 0.6 is 35.3 Å². The van der Waals surface area contributed by atoms with Crippen LogP contribution in [0.4, 0.5) is 11.4 Å². The number of nitrogens with one attached hydrogen (secondary N) is 3. The van der Waals surface area contributed by atoms with E-state index in [1.165, 1.54) is 17.5 Å². The summed E-state index contributed by atoms with van der Waals surface area (Å²) < 4.78 is 3.02. The first-order valence-corrected chi connectivity index (χ1v) is 15.4. The molecule has 1 amide bonds. The summed E-state index contributed by atoms with van der Waals surface area (Å²) in [5, 5.41) is 17.6. The molecule has 7 nitrogen and oxygen atoms in total. The molecule has 1 atom stereocenters. The van der Waals surface area contributed by atoms with Crippen molar-refractivity contribution in [2.24, 2.45) is 0 Å². The molecule has 0 saturated carbocycles. The highest BCUT2D eigenvalue weighted by Gasteiger charge is 2.31. The normalized spacial score (nSPS) is 15.8. The fourth-order valence-electron chi connectivity index (χ4n) is 5.18. The van der Waals surface area contributed by atoms with Gasteiger partial charge in [0.25, 0.3) is 0 Å². The second-order valence-electron chi connectivity index (χ2n) is 9.88. The quantitative estimate of drug-likeness (QED) is 0.182. The molecule has 10 heteroatoms. The molecule has 0 aliphatic carbocycles. The molecule has 2 aliphatic heterocycles. The molecular formula is C30H33ClN6OS2. The van der Waals surface area contributed by atoms with E-state index in [0.29, 0.717) is 18.1 Å². The molecule has 3 N–H and O–H groups in total. The van der Waals surface area contributed by atoms with E-state index < -0.39 is 0 Å². The fraction of sp³-hybridized carbons (Fsp3) is 0.300. The van der Waals surface area contributed by atoms with Crippen LogP contribution in [-0.4, -0.2) is 59.8 Å². The van der Waals surface area contributed by atoms with Crippen molar-refractivity contribution >= 4 is 62.8 Å². The van der Waals surface area contributed by atoms with Gasteiger partial charge in [0, 0.05) is 59.6 Å². The van der Waals surface area contributed by atoms with Crippen LogP contribution in [0.5, 0.6) is 0 Å². The lowest BCUT2D eigenvalue weighted by atomic mass is 10.00. The van der Waals surface area contributed by atoms with Gasteiger partial charge in [-0.25, -0.2) is 0 Å². The van der Waals surface area contributed by atoms with Gasteiger partial charge < -0.3 is 19.4 Å². The number of amidine groups is 1. The van der Waals surface area contributed by atoms with Gasteiger partial charge in [-0.15, -0.1) is 0 Å². The molecule has 2 aliphatic rings. The predicted octanol–water partition coefficient (Wildman–Crippen LogP) is 6.12. The Labute approximate surface area is 249 Å². The van der Waals surface area contributed by atoms with Gasteiger partial charge in [-0.3, -0.25) is 15.6 Å². The highest BCUT2D eigenvalue weighted by Crippen LogP contribution is 2.31. The molecular weight excluding hydrogens is 560 g/mol. The number of aryl methyl sites for hydroxylation is 1. The molecule has 2 heterocycles. The largest absolute Gasteiger partial charge is 0.368 e. The van der Waals surface area contributed by atoms with Crippen molar-refractivity contribution in [3.05, 3.63) is 88.9 Å². The third-order valence-corrected chi connectivity index (χ3v) is 9.24. The number of halogens is 1. The number of piperazine rings is 1. The number of fused-ring (bicyclic) bond motifs is 1. The Morgan fingerprint density at radius 3 is 2.40 bits per heavy atom. The first-order valence-electron chi connectivity index (χ1n) is 13.4. The number of rotatable bonds is 6. The van der Waals surface area contributed by atoms with Crippen molar-refractivity contribution in [2.75, 3.05) is 42.5 Å².